The second-order valence-corrected chi connectivity index (χ2v) is 7.86. The smallest absolute Gasteiger partial charge is 0.228 e. The average Bonchev–Trinajstić information content (AvgIpc) is 3.43. The maximum absolute atomic E-state index is 13.9. The van der Waals surface area contributed by atoms with Gasteiger partial charge in [0.1, 0.15) is 11.6 Å². The molecule has 0 bridgehead atoms. The number of likely N-dealkylation sites (N-methyl/N-ethyl adjacent to an activating group) is 1. The molecule has 1 saturated carbocycles. The lowest BCUT2D eigenvalue weighted by molar-refractivity contribution is -0.117. The fourth-order valence-corrected chi connectivity index (χ4v) is 4.04. The first kappa shape index (κ1) is 18.9. The Bertz CT molecular complexity index is 873. The van der Waals surface area contributed by atoms with Crippen LogP contribution in [0.25, 0.3) is 0 Å². The lowest BCUT2D eigenvalue weighted by atomic mass is 10.1. The van der Waals surface area contributed by atoms with Crippen LogP contribution < -0.4 is 10.2 Å². The Balaban J connectivity index is 1.41. The lowest BCUT2D eigenvalue weighted by Crippen LogP contribution is -2.44. The van der Waals surface area contributed by atoms with Crippen LogP contribution in [-0.2, 0) is 4.79 Å². The fourth-order valence-electron chi connectivity index (χ4n) is 4.04. The van der Waals surface area contributed by atoms with E-state index in [9.17, 15) is 13.6 Å². The maximum Gasteiger partial charge on any atom is 0.228 e. The Morgan fingerprint density at radius 3 is 2.39 bits per heavy atom. The zero-order valence-corrected chi connectivity index (χ0v) is 16.2. The SMILES string of the molecule is Cc1cc(NC(=O)C2CC2c2c(F)cccc2F)ccc1N1CCN(C)CC1. The number of piperazine rings is 1. The molecular weight excluding hydrogens is 360 g/mol. The number of benzene rings is 2. The van der Waals surface area contributed by atoms with Gasteiger partial charge in [0.15, 0.2) is 0 Å². The summed E-state index contributed by atoms with van der Waals surface area (Å²) in [5.41, 5.74) is 3.04. The number of carbonyl (C=O) groups excluding carboxylic acids is 1. The molecule has 1 aliphatic heterocycles. The van der Waals surface area contributed by atoms with Gasteiger partial charge in [-0.15, -0.1) is 0 Å². The standard InChI is InChI=1S/C22H25F2N3O/c1-14-12-15(6-7-20(14)27-10-8-26(2)9-11-27)25-22(28)17-13-16(17)21-18(23)4-3-5-19(21)24/h3-7,12,16-17H,8-11,13H2,1-2H3,(H,25,28). The van der Waals surface area contributed by atoms with Crippen molar-refractivity contribution in [2.45, 2.75) is 19.3 Å². The molecule has 2 aliphatic rings. The molecule has 4 nitrogen and oxygen atoms in total. The monoisotopic (exact) mass is 385 g/mol. The van der Waals surface area contributed by atoms with E-state index in [2.05, 4.69) is 22.2 Å². The van der Waals surface area contributed by atoms with Crippen LogP contribution in [0.4, 0.5) is 20.2 Å². The van der Waals surface area contributed by atoms with E-state index in [1.165, 1.54) is 23.9 Å². The van der Waals surface area contributed by atoms with Gasteiger partial charge in [0.25, 0.3) is 0 Å². The number of nitrogens with zero attached hydrogens (tertiary/aromatic N) is 2. The maximum atomic E-state index is 13.9. The van der Waals surface area contributed by atoms with Crippen molar-refractivity contribution in [1.29, 1.82) is 0 Å². The van der Waals surface area contributed by atoms with E-state index >= 15 is 0 Å². The summed E-state index contributed by atoms with van der Waals surface area (Å²) in [6.07, 6.45) is 0.474. The van der Waals surface area contributed by atoms with Gasteiger partial charge in [0.05, 0.1) is 0 Å². The Hall–Kier alpha value is -2.47. The number of carbonyl (C=O) groups is 1. The Morgan fingerprint density at radius 1 is 1.07 bits per heavy atom. The van der Waals surface area contributed by atoms with Crippen molar-refractivity contribution < 1.29 is 13.6 Å². The van der Waals surface area contributed by atoms with E-state index in [0.29, 0.717) is 6.42 Å². The number of halogens is 2. The van der Waals surface area contributed by atoms with Crippen LogP contribution >= 0.6 is 0 Å². The number of rotatable bonds is 4. The molecule has 1 amide bonds. The van der Waals surface area contributed by atoms with Crippen molar-refractivity contribution in [3.05, 3.63) is 59.2 Å². The third-order valence-electron chi connectivity index (χ3n) is 5.81. The van der Waals surface area contributed by atoms with Gasteiger partial charge in [-0.25, -0.2) is 8.78 Å². The van der Waals surface area contributed by atoms with Gasteiger partial charge in [0, 0.05) is 55.0 Å². The average molecular weight is 385 g/mol. The van der Waals surface area contributed by atoms with Crippen molar-refractivity contribution in [1.82, 2.24) is 4.90 Å². The van der Waals surface area contributed by atoms with Crippen molar-refractivity contribution in [3.63, 3.8) is 0 Å². The summed E-state index contributed by atoms with van der Waals surface area (Å²) in [5, 5.41) is 2.91. The number of hydrogen-bond donors (Lipinski definition) is 1. The van der Waals surface area contributed by atoms with E-state index in [0.717, 1.165) is 37.4 Å². The summed E-state index contributed by atoms with van der Waals surface area (Å²) in [4.78, 5) is 17.2. The predicted molar refractivity (Wildman–Crippen MR) is 107 cm³/mol. The minimum atomic E-state index is -0.576. The van der Waals surface area contributed by atoms with Gasteiger partial charge in [0.2, 0.25) is 5.91 Å². The molecule has 6 heteroatoms. The highest BCUT2D eigenvalue weighted by Crippen LogP contribution is 2.49. The van der Waals surface area contributed by atoms with Gasteiger partial charge < -0.3 is 15.1 Å². The minimum Gasteiger partial charge on any atom is -0.369 e. The lowest BCUT2D eigenvalue weighted by Gasteiger charge is -2.35. The summed E-state index contributed by atoms with van der Waals surface area (Å²) in [5.74, 6) is -2.10. The zero-order chi connectivity index (χ0) is 19.8. The summed E-state index contributed by atoms with van der Waals surface area (Å²) in [6.45, 7) is 6.08. The van der Waals surface area contributed by atoms with Crippen LogP contribution in [0.2, 0.25) is 0 Å². The van der Waals surface area contributed by atoms with Crippen LogP contribution in [0.1, 0.15) is 23.5 Å². The van der Waals surface area contributed by atoms with Crippen LogP contribution in [0.5, 0.6) is 0 Å². The predicted octanol–water partition coefficient (Wildman–Crippen LogP) is 3.77. The van der Waals surface area contributed by atoms with Crippen molar-refractivity contribution in [2.75, 3.05) is 43.4 Å². The molecule has 1 N–H and O–H groups in total. The molecular formula is C22H25F2N3O. The molecule has 28 heavy (non-hydrogen) atoms. The van der Waals surface area contributed by atoms with E-state index in [-0.39, 0.29) is 23.3 Å². The van der Waals surface area contributed by atoms with Gasteiger partial charge in [-0.1, -0.05) is 6.07 Å². The van der Waals surface area contributed by atoms with Gasteiger partial charge in [-0.05, 0) is 56.3 Å². The van der Waals surface area contributed by atoms with Crippen LogP contribution in [0.15, 0.2) is 36.4 Å². The molecule has 1 saturated heterocycles. The van der Waals surface area contributed by atoms with Crippen LogP contribution in [-0.4, -0.2) is 44.0 Å². The quantitative estimate of drug-likeness (QED) is 0.870. The Morgan fingerprint density at radius 2 is 1.75 bits per heavy atom. The molecule has 1 aliphatic carbocycles. The summed E-state index contributed by atoms with van der Waals surface area (Å²) in [6, 6.07) is 9.73. The van der Waals surface area contributed by atoms with Gasteiger partial charge in [-0.2, -0.15) is 0 Å². The first-order valence-corrected chi connectivity index (χ1v) is 9.73. The van der Waals surface area contributed by atoms with Gasteiger partial charge in [-0.3, -0.25) is 4.79 Å². The number of anilines is 2. The molecule has 2 fully saturated rings. The third kappa shape index (κ3) is 3.74. The van der Waals surface area contributed by atoms with Crippen LogP contribution in [0, 0.1) is 24.5 Å². The molecule has 2 unspecified atom stereocenters. The largest absolute Gasteiger partial charge is 0.369 e. The van der Waals surface area contributed by atoms with E-state index in [1.54, 1.807) is 0 Å². The second-order valence-electron chi connectivity index (χ2n) is 7.86. The Kier molecular flexibility index (Phi) is 5.06. The second kappa shape index (κ2) is 7.51. The van der Waals surface area contributed by atoms with Crippen LogP contribution in [0.3, 0.4) is 0 Å². The first-order chi connectivity index (χ1) is 13.4. The molecule has 0 radical (unpaired) electrons. The molecule has 2 atom stereocenters. The molecule has 2 aromatic rings. The van der Waals surface area contributed by atoms with Crippen molar-refractivity contribution in [2.24, 2.45) is 5.92 Å². The normalized spacial score (nSPS) is 22.2. The minimum absolute atomic E-state index is 0.0317. The topological polar surface area (TPSA) is 35.6 Å². The number of aryl methyl sites for hydroxylation is 1. The van der Waals surface area contributed by atoms with Crippen molar-refractivity contribution >= 4 is 17.3 Å². The number of hydrogen-bond acceptors (Lipinski definition) is 3. The molecule has 1 heterocycles. The highest BCUT2D eigenvalue weighted by Gasteiger charge is 2.46. The zero-order valence-electron chi connectivity index (χ0n) is 16.2. The third-order valence-corrected chi connectivity index (χ3v) is 5.81. The molecule has 4 rings (SSSR count). The molecule has 148 valence electrons. The van der Waals surface area contributed by atoms with E-state index in [4.69, 9.17) is 0 Å². The number of nitrogens with one attached hydrogen (secondary N) is 1. The van der Waals surface area contributed by atoms with E-state index in [1.807, 2.05) is 25.1 Å². The molecule has 0 spiro atoms. The van der Waals surface area contributed by atoms with E-state index < -0.39 is 11.6 Å². The highest BCUT2D eigenvalue weighted by molar-refractivity contribution is 5.95. The molecule has 2 aromatic carbocycles. The Labute approximate surface area is 164 Å². The summed E-state index contributed by atoms with van der Waals surface area (Å²) in [7, 11) is 2.13. The highest BCUT2D eigenvalue weighted by atomic mass is 19.1. The fraction of sp³-hybridized carbons (Fsp3) is 0.409. The van der Waals surface area contributed by atoms with Gasteiger partial charge >= 0.3 is 0 Å². The summed E-state index contributed by atoms with van der Waals surface area (Å²) >= 11 is 0. The molecule has 0 aromatic heterocycles. The first-order valence-electron chi connectivity index (χ1n) is 9.73. The summed E-state index contributed by atoms with van der Waals surface area (Å²) < 4.78 is 27.8. The van der Waals surface area contributed by atoms with Crippen molar-refractivity contribution in [3.8, 4) is 0 Å². The number of amides is 1.